The number of carbonyl (C=O) groups excluding carboxylic acids is 1. The standard InChI is InChI=1S/C20H26N2O3S2/c1-16(9-10-17-6-3-2-4-7-17)21-20(23)18-11-13-22(14-12-18)27(24,25)19-8-5-15-26-19/h2-8,15-16,18H,9-14H2,1H3,(H,21,23). The van der Waals surface area contributed by atoms with Gasteiger partial charge < -0.3 is 5.32 Å². The summed E-state index contributed by atoms with van der Waals surface area (Å²) in [5.41, 5.74) is 1.27. The molecule has 1 aromatic heterocycles. The maximum Gasteiger partial charge on any atom is 0.252 e. The molecular formula is C20H26N2O3S2. The third kappa shape index (κ3) is 5.18. The number of hydrogen-bond acceptors (Lipinski definition) is 4. The third-order valence-corrected chi connectivity index (χ3v) is 8.28. The predicted molar refractivity (Wildman–Crippen MR) is 108 cm³/mol. The highest BCUT2D eigenvalue weighted by Gasteiger charge is 2.32. The first kappa shape index (κ1) is 20.0. The van der Waals surface area contributed by atoms with Crippen molar-refractivity contribution < 1.29 is 13.2 Å². The third-order valence-electron chi connectivity index (χ3n) is 5.01. The quantitative estimate of drug-likeness (QED) is 0.767. The predicted octanol–water partition coefficient (Wildman–Crippen LogP) is 3.29. The molecule has 2 heterocycles. The maximum absolute atomic E-state index is 12.6. The second-order valence-corrected chi connectivity index (χ2v) is 10.2. The van der Waals surface area contributed by atoms with E-state index in [1.165, 1.54) is 21.2 Å². The molecule has 1 saturated heterocycles. The molecule has 1 amide bonds. The molecule has 5 nitrogen and oxygen atoms in total. The highest BCUT2D eigenvalue weighted by molar-refractivity contribution is 7.91. The van der Waals surface area contributed by atoms with Gasteiger partial charge in [0.25, 0.3) is 10.0 Å². The number of sulfonamides is 1. The summed E-state index contributed by atoms with van der Waals surface area (Å²) in [7, 11) is -3.41. The number of hydrogen-bond donors (Lipinski definition) is 1. The average molecular weight is 407 g/mol. The molecule has 2 aromatic rings. The number of amides is 1. The first-order valence-corrected chi connectivity index (χ1v) is 11.7. The molecule has 1 unspecified atom stereocenters. The van der Waals surface area contributed by atoms with E-state index in [9.17, 15) is 13.2 Å². The smallest absolute Gasteiger partial charge is 0.252 e. The van der Waals surface area contributed by atoms with E-state index in [4.69, 9.17) is 0 Å². The van der Waals surface area contributed by atoms with Gasteiger partial charge in [0.1, 0.15) is 4.21 Å². The first-order chi connectivity index (χ1) is 13.0. The lowest BCUT2D eigenvalue weighted by Gasteiger charge is -2.30. The van der Waals surface area contributed by atoms with Crippen LogP contribution in [0.3, 0.4) is 0 Å². The Hall–Kier alpha value is -1.70. The van der Waals surface area contributed by atoms with E-state index in [1.807, 2.05) is 25.1 Å². The van der Waals surface area contributed by atoms with E-state index in [0.717, 1.165) is 12.8 Å². The average Bonchev–Trinajstić information content (AvgIpc) is 3.23. The number of aryl methyl sites for hydroxylation is 1. The van der Waals surface area contributed by atoms with Gasteiger partial charge in [0, 0.05) is 25.0 Å². The minimum absolute atomic E-state index is 0.0451. The largest absolute Gasteiger partial charge is 0.353 e. The van der Waals surface area contributed by atoms with E-state index in [2.05, 4.69) is 17.4 Å². The molecule has 1 aromatic carbocycles. The van der Waals surface area contributed by atoms with Crippen molar-refractivity contribution in [3.05, 3.63) is 53.4 Å². The normalized spacial score (nSPS) is 17.5. The van der Waals surface area contributed by atoms with E-state index >= 15 is 0 Å². The second-order valence-electron chi connectivity index (χ2n) is 7.04. The highest BCUT2D eigenvalue weighted by Crippen LogP contribution is 2.26. The SMILES string of the molecule is CC(CCc1ccccc1)NC(=O)C1CCN(S(=O)(=O)c2cccs2)CC1. The number of rotatable bonds is 7. The van der Waals surface area contributed by atoms with Crippen molar-refractivity contribution in [2.45, 2.75) is 42.9 Å². The summed E-state index contributed by atoms with van der Waals surface area (Å²) in [6.07, 6.45) is 2.96. The molecule has 0 radical (unpaired) electrons. The van der Waals surface area contributed by atoms with Crippen molar-refractivity contribution in [1.29, 1.82) is 0 Å². The molecule has 1 atom stereocenters. The van der Waals surface area contributed by atoms with Crippen LogP contribution in [0.4, 0.5) is 0 Å². The maximum atomic E-state index is 12.6. The van der Waals surface area contributed by atoms with Crippen molar-refractivity contribution in [1.82, 2.24) is 9.62 Å². The highest BCUT2D eigenvalue weighted by atomic mass is 32.2. The van der Waals surface area contributed by atoms with Gasteiger partial charge in [0.05, 0.1) is 0 Å². The summed E-state index contributed by atoms with van der Waals surface area (Å²) < 4.78 is 27.0. The molecule has 1 N–H and O–H groups in total. The van der Waals surface area contributed by atoms with Crippen LogP contribution in [-0.4, -0.2) is 37.8 Å². The molecule has 3 rings (SSSR count). The number of piperidine rings is 1. The zero-order valence-corrected chi connectivity index (χ0v) is 17.1. The Morgan fingerprint density at radius 2 is 1.89 bits per heavy atom. The molecule has 146 valence electrons. The monoisotopic (exact) mass is 406 g/mol. The molecule has 1 aliphatic rings. The summed E-state index contributed by atoms with van der Waals surface area (Å²) in [6, 6.07) is 13.7. The van der Waals surface area contributed by atoms with E-state index in [1.54, 1.807) is 17.5 Å². The molecule has 0 saturated carbocycles. The topological polar surface area (TPSA) is 66.5 Å². The lowest BCUT2D eigenvalue weighted by molar-refractivity contribution is -0.126. The molecule has 7 heteroatoms. The zero-order valence-electron chi connectivity index (χ0n) is 15.5. The number of benzene rings is 1. The molecule has 1 aliphatic heterocycles. The zero-order chi connectivity index (χ0) is 19.3. The van der Waals surface area contributed by atoms with Gasteiger partial charge in [-0.2, -0.15) is 4.31 Å². The van der Waals surface area contributed by atoms with Crippen molar-refractivity contribution in [2.75, 3.05) is 13.1 Å². The molecule has 0 bridgehead atoms. The number of thiophene rings is 1. The Balaban J connectivity index is 1.45. The first-order valence-electron chi connectivity index (χ1n) is 9.35. The summed E-state index contributed by atoms with van der Waals surface area (Å²) >= 11 is 1.23. The Labute approximate surface area is 165 Å². The van der Waals surface area contributed by atoms with Crippen LogP contribution in [0.5, 0.6) is 0 Å². The van der Waals surface area contributed by atoms with E-state index < -0.39 is 10.0 Å². The van der Waals surface area contributed by atoms with Gasteiger partial charge >= 0.3 is 0 Å². The van der Waals surface area contributed by atoms with Gasteiger partial charge in [-0.15, -0.1) is 11.3 Å². The summed E-state index contributed by atoms with van der Waals surface area (Å²) in [5.74, 6) is -0.0669. The van der Waals surface area contributed by atoms with Crippen LogP contribution in [0.15, 0.2) is 52.1 Å². The van der Waals surface area contributed by atoms with Crippen LogP contribution in [0.1, 0.15) is 31.7 Å². The molecule has 0 aliphatic carbocycles. The van der Waals surface area contributed by atoms with E-state index in [0.29, 0.717) is 30.1 Å². The molecule has 0 spiro atoms. The summed E-state index contributed by atoms with van der Waals surface area (Å²) in [4.78, 5) is 12.5. The van der Waals surface area contributed by atoms with Crippen LogP contribution in [0.25, 0.3) is 0 Å². The molecule has 27 heavy (non-hydrogen) atoms. The van der Waals surface area contributed by atoms with Crippen LogP contribution in [0.2, 0.25) is 0 Å². The molecular weight excluding hydrogens is 380 g/mol. The van der Waals surface area contributed by atoms with Gasteiger partial charge in [0.2, 0.25) is 5.91 Å². The number of carbonyl (C=O) groups is 1. The van der Waals surface area contributed by atoms with Gasteiger partial charge in [-0.05, 0) is 49.6 Å². The van der Waals surface area contributed by atoms with Crippen LogP contribution in [-0.2, 0) is 21.2 Å². The number of nitrogens with zero attached hydrogens (tertiary/aromatic N) is 1. The van der Waals surface area contributed by atoms with Crippen LogP contribution < -0.4 is 5.32 Å². The van der Waals surface area contributed by atoms with Crippen molar-refractivity contribution >= 4 is 27.3 Å². The minimum Gasteiger partial charge on any atom is -0.353 e. The van der Waals surface area contributed by atoms with Gasteiger partial charge in [-0.25, -0.2) is 8.42 Å². The Morgan fingerprint density at radius 1 is 1.19 bits per heavy atom. The second kappa shape index (κ2) is 8.99. The lowest BCUT2D eigenvalue weighted by Crippen LogP contribution is -2.44. The van der Waals surface area contributed by atoms with Crippen molar-refractivity contribution in [2.24, 2.45) is 5.92 Å². The van der Waals surface area contributed by atoms with Crippen molar-refractivity contribution in [3.63, 3.8) is 0 Å². The van der Waals surface area contributed by atoms with Gasteiger partial charge in [-0.1, -0.05) is 36.4 Å². The summed E-state index contributed by atoms with van der Waals surface area (Å²) in [6.45, 7) is 2.82. The fourth-order valence-corrected chi connectivity index (χ4v) is 5.97. The number of nitrogens with one attached hydrogen (secondary N) is 1. The van der Waals surface area contributed by atoms with Crippen LogP contribution in [0, 0.1) is 5.92 Å². The van der Waals surface area contributed by atoms with E-state index in [-0.39, 0.29) is 17.9 Å². The molecule has 1 fully saturated rings. The fraction of sp³-hybridized carbons (Fsp3) is 0.450. The van der Waals surface area contributed by atoms with Gasteiger partial charge in [-0.3, -0.25) is 4.79 Å². The van der Waals surface area contributed by atoms with Crippen molar-refractivity contribution in [3.8, 4) is 0 Å². The Kier molecular flexibility index (Phi) is 6.68. The summed E-state index contributed by atoms with van der Waals surface area (Å²) in [5, 5.41) is 4.86. The Morgan fingerprint density at radius 3 is 2.52 bits per heavy atom. The van der Waals surface area contributed by atoms with Crippen LogP contribution >= 0.6 is 11.3 Å². The van der Waals surface area contributed by atoms with Gasteiger partial charge in [0.15, 0.2) is 0 Å². The Bertz CT molecular complexity index is 827. The minimum atomic E-state index is -3.41. The fourth-order valence-electron chi connectivity index (χ4n) is 3.36. The lowest BCUT2D eigenvalue weighted by atomic mass is 9.96.